The molecule has 0 aliphatic heterocycles. The van der Waals surface area contributed by atoms with E-state index >= 15 is 0 Å². The monoisotopic (exact) mass is 339 g/mol. The Morgan fingerprint density at radius 1 is 1.04 bits per heavy atom. The molecule has 0 saturated heterocycles. The van der Waals surface area contributed by atoms with Crippen molar-refractivity contribution < 1.29 is 14.3 Å². The van der Waals surface area contributed by atoms with Gasteiger partial charge in [-0.2, -0.15) is 0 Å². The maximum Gasteiger partial charge on any atom is 0.307 e. The maximum absolute atomic E-state index is 12.3. The van der Waals surface area contributed by atoms with E-state index < -0.39 is 6.10 Å². The minimum absolute atomic E-state index is 0.0447. The fourth-order valence-electron chi connectivity index (χ4n) is 2.64. The van der Waals surface area contributed by atoms with Gasteiger partial charge in [0.1, 0.15) is 0 Å². The van der Waals surface area contributed by atoms with Gasteiger partial charge in [0.2, 0.25) is 0 Å². The van der Waals surface area contributed by atoms with Gasteiger partial charge in [-0.15, -0.1) is 0 Å². The lowest BCUT2D eigenvalue weighted by Gasteiger charge is -2.16. The standard InChI is InChI=1S/C21H25NO3/c1-14-10-11-19(16(3)12-14)22-21(24)17(4)25-20(23)13-15(2)18-8-6-5-7-9-18/h5-12,15,17H,13H2,1-4H3,(H,22,24)/t15-,17-/m0/s1. The Hall–Kier alpha value is -2.62. The molecule has 0 saturated carbocycles. The van der Waals surface area contributed by atoms with Crippen molar-refractivity contribution in [3.8, 4) is 0 Å². The highest BCUT2D eigenvalue weighted by atomic mass is 16.5. The molecule has 0 fully saturated rings. The molecule has 0 unspecified atom stereocenters. The van der Waals surface area contributed by atoms with Crippen LogP contribution < -0.4 is 5.32 Å². The van der Waals surface area contributed by atoms with Crippen LogP contribution in [-0.2, 0) is 14.3 Å². The van der Waals surface area contributed by atoms with E-state index in [2.05, 4.69) is 5.32 Å². The smallest absolute Gasteiger partial charge is 0.307 e. The molecule has 0 aliphatic carbocycles. The van der Waals surface area contributed by atoms with E-state index in [-0.39, 0.29) is 24.2 Å². The first kappa shape index (κ1) is 18.7. The van der Waals surface area contributed by atoms with Gasteiger partial charge < -0.3 is 10.1 Å². The number of hydrogen-bond donors (Lipinski definition) is 1. The number of carbonyl (C=O) groups is 2. The quantitative estimate of drug-likeness (QED) is 0.795. The molecule has 132 valence electrons. The summed E-state index contributed by atoms with van der Waals surface area (Å²) in [4.78, 5) is 24.4. The normalized spacial score (nSPS) is 13.0. The van der Waals surface area contributed by atoms with Crippen LogP contribution in [0.1, 0.15) is 42.9 Å². The molecule has 2 aromatic rings. The summed E-state index contributed by atoms with van der Waals surface area (Å²) in [6.45, 7) is 7.48. The second-order valence-electron chi connectivity index (χ2n) is 6.46. The summed E-state index contributed by atoms with van der Waals surface area (Å²) in [5, 5.41) is 2.81. The molecule has 0 heterocycles. The molecule has 25 heavy (non-hydrogen) atoms. The number of anilines is 1. The SMILES string of the molecule is Cc1ccc(NC(=O)[C@H](C)OC(=O)C[C@H](C)c2ccccc2)c(C)c1. The number of aryl methyl sites for hydroxylation is 2. The van der Waals surface area contributed by atoms with Gasteiger partial charge in [-0.05, 0) is 43.9 Å². The molecule has 2 rings (SSSR count). The van der Waals surface area contributed by atoms with Gasteiger partial charge in [0, 0.05) is 5.69 Å². The number of esters is 1. The van der Waals surface area contributed by atoms with Crippen molar-refractivity contribution in [1.29, 1.82) is 0 Å². The van der Waals surface area contributed by atoms with Crippen molar-refractivity contribution in [2.75, 3.05) is 5.32 Å². The fourth-order valence-corrected chi connectivity index (χ4v) is 2.64. The zero-order valence-corrected chi connectivity index (χ0v) is 15.2. The molecule has 2 aromatic carbocycles. The van der Waals surface area contributed by atoms with Crippen LogP contribution in [0.25, 0.3) is 0 Å². The fraction of sp³-hybridized carbons (Fsp3) is 0.333. The van der Waals surface area contributed by atoms with E-state index in [0.717, 1.165) is 22.4 Å². The number of hydrogen-bond acceptors (Lipinski definition) is 3. The predicted octanol–water partition coefficient (Wildman–Crippen LogP) is 4.37. The number of nitrogens with one attached hydrogen (secondary N) is 1. The largest absolute Gasteiger partial charge is 0.453 e. The third kappa shape index (κ3) is 5.45. The molecule has 1 amide bonds. The lowest BCUT2D eigenvalue weighted by molar-refractivity contribution is -0.153. The zero-order chi connectivity index (χ0) is 18.4. The van der Waals surface area contributed by atoms with Crippen molar-refractivity contribution in [3.05, 3.63) is 65.2 Å². The summed E-state index contributed by atoms with van der Waals surface area (Å²) >= 11 is 0. The van der Waals surface area contributed by atoms with E-state index in [4.69, 9.17) is 4.74 Å². The Morgan fingerprint density at radius 3 is 2.36 bits per heavy atom. The Labute approximate surface area is 149 Å². The molecule has 2 atom stereocenters. The Morgan fingerprint density at radius 2 is 1.72 bits per heavy atom. The van der Waals surface area contributed by atoms with Crippen LogP contribution >= 0.6 is 0 Å². The highest BCUT2D eigenvalue weighted by Gasteiger charge is 2.20. The summed E-state index contributed by atoms with van der Waals surface area (Å²) in [5.41, 5.74) is 3.91. The summed E-state index contributed by atoms with van der Waals surface area (Å²) in [7, 11) is 0. The van der Waals surface area contributed by atoms with Crippen molar-refractivity contribution in [2.45, 2.75) is 46.1 Å². The van der Waals surface area contributed by atoms with E-state index in [1.807, 2.05) is 69.3 Å². The van der Waals surface area contributed by atoms with Crippen molar-refractivity contribution in [1.82, 2.24) is 0 Å². The summed E-state index contributed by atoms with van der Waals surface area (Å²) < 4.78 is 5.29. The van der Waals surface area contributed by atoms with E-state index in [1.54, 1.807) is 6.92 Å². The van der Waals surface area contributed by atoms with Crippen LogP contribution in [0.3, 0.4) is 0 Å². The third-order valence-electron chi connectivity index (χ3n) is 4.16. The predicted molar refractivity (Wildman–Crippen MR) is 99.6 cm³/mol. The van der Waals surface area contributed by atoms with Crippen molar-refractivity contribution >= 4 is 17.6 Å². The zero-order valence-electron chi connectivity index (χ0n) is 15.2. The van der Waals surface area contributed by atoms with E-state index in [9.17, 15) is 9.59 Å². The Bertz CT molecular complexity index is 740. The van der Waals surface area contributed by atoms with Gasteiger partial charge in [0.25, 0.3) is 5.91 Å². The number of amides is 1. The first-order chi connectivity index (χ1) is 11.9. The van der Waals surface area contributed by atoms with Gasteiger partial charge in [-0.3, -0.25) is 9.59 Å². The average molecular weight is 339 g/mol. The molecule has 0 bridgehead atoms. The molecule has 0 aromatic heterocycles. The summed E-state index contributed by atoms with van der Waals surface area (Å²) in [6, 6.07) is 15.6. The highest BCUT2D eigenvalue weighted by molar-refractivity contribution is 5.95. The molecular weight excluding hydrogens is 314 g/mol. The van der Waals surface area contributed by atoms with Crippen LogP contribution in [-0.4, -0.2) is 18.0 Å². The number of rotatable bonds is 6. The van der Waals surface area contributed by atoms with Crippen molar-refractivity contribution in [3.63, 3.8) is 0 Å². The molecule has 1 N–H and O–H groups in total. The number of carbonyl (C=O) groups excluding carboxylic acids is 2. The Balaban J connectivity index is 1.88. The van der Waals surface area contributed by atoms with Crippen LogP contribution in [0.2, 0.25) is 0 Å². The number of benzene rings is 2. The van der Waals surface area contributed by atoms with E-state index in [1.165, 1.54) is 0 Å². The van der Waals surface area contributed by atoms with Gasteiger partial charge in [0.15, 0.2) is 6.10 Å². The minimum atomic E-state index is -0.837. The third-order valence-corrected chi connectivity index (χ3v) is 4.16. The van der Waals surface area contributed by atoms with Crippen LogP contribution in [0, 0.1) is 13.8 Å². The minimum Gasteiger partial charge on any atom is -0.453 e. The first-order valence-electron chi connectivity index (χ1n) is 8.49. The van der Waals surface area contributed by atoms with Gasteiger partial charge in [-0.1, -0.05) is 55.0 Å². The Kier molecular flexibility index (Phi) is 6.34. The second kappa shape index (κ2) is 8.47. The first-order valence-corrected chi connectivity index (χ1v) is 8.49. The van der Waals surface area contributed by atoms with Crippen LogP contribution in [0.4, 0.5) is 5.69 Å². The summed E-state index contributed by atoms with van der Waals surface area (Å²) in [5.74, 6) is -0.657. The average Bonchev–Trinajstić information content (AvgIpc) is 2.57. The maximum atomic E-state index is 12.3. The lowest BCUT2D eigenvalue weighted by atomic mass is 9.98. The molecule has 0 aliphatic rings. The van der Waals surface area contributed by atoms with Gasteiger partial charge >= 0.3 is 5.97 Å². The summed E-state index contributed by atoms with van der Waals surface area (Å²) in [6.07, 6.45) is -0.596. The van der Waals surface area contributed by atoms with E-state index in [0.29, 0.717) is 0 Å². The molecule has 0 spiro atoms. The van der Waals surface area contributed by atoms with Crippen LogP contribution in [0.15, 0.2) is 48.5 Å². The van der Waals surface area contributed by atoms with Gasteiger partial charge in [0.05, 0.1) is 6.42 Å². The van der Waals surface area contributed by atoms with Crippen molar-refractivity contribution in [2.24, 2.45) is 0 Å². The number of ether oxygens (including phenoxy) is 1. The topological polar surface area (TPSA) is 55.4 Å². The second-order valence-corrected chi connectivity index (χ2v) is 6.46. The molecule has 4 nitrogen and oxygen atoms in total. The molecule has 4 heteroatoms. The molecular formula is C21H25NO3. The van der Waals surface area contributed by atoms with Crippen LogP contribution in [0.5, 0.6) is 0 Å². The molecule has 0 radical (unpaired) electrons. The lowest BCUT2D eigenvalue weighted by Crippen LogP contribution is -2.30. The van der Waals surface area contributed by atoms with Gasteiger partial charge in [-0.25, -0.2) is 0 Å². The highest BCUT2D eigenvalue weighted by Crippen LogP contribution is 2.20.